The SMILES string of the molecule is Cc1ccc(O)c(CNCc2ccccc2CN2CCC(O)CC2)c1. The van der Waals surface area contributed by atoms with Gasteiger partial charge in [-0.1, -0.05) is 42.0 Å². The van der Waals surface area contributed by atoms with E-state index in [9.17, 15) is 10.2 Å². The average molecular weight is 340 g/mol. The van der Waals surface area contributed by atoms with E-state index < -0.39 is 0 Å². The number of hydrogen-bond donors (Lipinski definition) is 3. The van der Waals surface area contributed by atoms with Gasteiger partial charge in [0.25, 0.3) is 0 Å². The van der Waals surface area contributed by atoms with Crippen LogP contribution in [0.15, 0.2) is 42.5 Å². The number of nitrogens with zero attached hydrogens (tertiary/aromatic N) is 1. The number of nitrogens with one attached hydrogen (secondary N) is 1. The van der Waals surface area contributed by atoms with Crippen LogP contribution in [-0.4, -0.2) is 34.3 Å². The zero-order valence-electron chi connectivity index (χ0n) is 14.9. The van der Waals surface area contributed by atoms with E-state index >= 15 is 0 Å². The molecule has 0 bridgehead atoms. The van der Waals surface area contributed by atoms with Gasteiger partial charge in [0.2, 0.25) is 0 Å². The number of likely N-dealkylation sites (tertiary alicyclic amines) is 1. The van der Waals surface area contributed by atoms with E-state index in [-0.39, 0.29) is 6.10 Å². The molecule has 0 atom stereocenters. The van der Waals surface area contributed by atoms with Gasteiger partial charge in [-0.05, 0) is 37.0 Å². The number of aliphatic hydroxyl groups is 1. The number of aliphatic hydroxyl groups excluding tert-OH is 1. The van der Waals surface area contributed by atoms with E-state index in [4.69, 9.17) is 0 Å². The van der Waals surface area contributed by atoms with Crippen molar-refractivity contribution in [3.63, 3.8) is 0 Å². The number of rotatable bonds is 6. The molecule has 0 unspecified atom stereocenters. The molecule has 0 aliphatic carbocycles. The predicted octanol–water partition coefficient (Wildman–Crippen LogP) is 2.95. The first-order valence-electron chi connectivity index (χ1n) is 9.08. The minimum Gasteiger partial charge on any atom is -0.508 e. The van der Waals surface area contributed by atoms with Crippen LogP contribution in [0, 0.1) is 6.92 Å². The van der Waals surface area contributed by atoms with Crippen LogP contribution in [0.2, 0.25) is 0 Å². The second-order valence-corrected chi connectivity index (χ2v) is 7.01. The van der Waals surface area contributed by atoms with Gasteiger partial charge in [0, 0.05) is 38.3 Å². The van der Waals surface area contributed by atoms with Crippen molar-refractivity contribution in [3.05, 3.63) is 64.7 Å². The number of aromatic hydroxyl groups is 1. The number of hydrogen-bond acceptors (Lipinski definition) is 4. The van der Waals surface area contributed by atoms with Gasteiger partial charge >= 0.3 is 0 Å². The van der Waals surface area contributed by atoms with Crippen molar-refractivity contribution < 1.29 is 10.2 Å². The maximum atomic E-state index is 9.96. The summed E-state index contributed by atoms with van der Waals surface area (Å²) in [6.45, 7) is 6.31. The largest absolute Gasteiger partial charge is 0.508 e. The minimum atomic E-state index is -0.129. The first-order valence-corrected chi connectivity index (χ1v) is 9.08. The number of piperidine rings is 1. The summed E-state index contributed by atoms with van der Waals surface area (Å²) in [5.41, 5.74) is 4.71. The molecule has 3 rings (SSSR count). The molecule has 1 fully saturated rings. The topological polar surface area (TPSA) is 55.7 Å². The standard InChI is InChI=1S/C21H28N2O2/c1-16-6-7-21(25)19(12-16)14-22-13-17-4-2-3-5-18(17)15-23-10-8-20(24)9-11-23/h2-7,12,20,22,24-25H,8-11,13-15H2,1H3. The van der Waals surface area contributed by atoms with E-state index in [2.05, 4.69) is 34.5 Å². The smallest absolute Gasteiger partial charge is 0.120 e. The van der Waals surface area contributed by atoms with Gasteiger partial charge in [0.05, 0.1) is 6.10 Å². The highest BCUT2D eigenvalue weighted by atomic mass is 16.3. The molecule has 2 aromatic rings. The molecule has 0 saturated carbocycles. The average Bonchev–Trinajstić information content (AvgIpc) is 2.61. The van der Waals surface area contributed by atoms with E-state index in [0.29, 0.717) is 12.3 Å². The number of phenolic OH excluding ortho intramolecular Hbond substituents is 1. The third-order valence-electron chi connectivity index (χ3n) is 4.94. The quantitative estimate of drug-likeness (QED) is 0.757. The number of benzene rings is 2. The Kier molecular flexibility index (Phi) is 6.08. The summed E-state index contributed by atoms with van der Waals surface area (Å²) in [6, 6.07) is 14.2. The highest BCUT2D eigenvalue weighted by Gasteiger charge is 2.17. The highest BCUT2D eigenvalue weighted by molar-refractivity contribution is 5.35. The summed E-state index contributed by atoms with van der Waals surface area (Å²) in [7, 11) is 0. The third-order valence-corrected chi connectivity index (χ3v) is 4.94. The molecule has 0 amide bonds. The summed E-state index contributed by atoms with van der Waals surface area (Å²) in [5.74, 6) is 0.346. The zero-order valence-corrected chi connectivity index (χ0v) is 14.9. The second-order valence-electron chi connectivity index (χ2n) is 7.01. The zero-order chi connectivity index (χ0) is 17.6. The van der Waals surface area contributed by atoms with E-state index in [1.807, 2.05) is 19.1 Å². The maximum Gasteiger partial charge on any atom is 0.120 e. The molecule has 0 aromatic heterocycles. The summed E-state index contributed by atoms with van der Waals surface area (Å²) in [4.78, 5) is 2.41. The highest BCUT2D eigenvalue weighted by Crippen LogP contribution is 2.19. The monoisotopic (exact) mass is 340 g/mol. The molecule has 0 radical (unpaired) electrons. The molecule has 2 aromatic carbocycles. The Morgan fingerprint density at radius 3 is 2.44 bits per heavy atom. The first kappa shape index (κ1) is 17.9. The molecule has 1 saturated heterocycles. The van der Waals surface area contributed by atoms with Crippen LogP contribution >= 0.6 is 0 Å². The molecule has 1 aliphatic heterocycles. The fraction of sp³-hybridized carbons (Fsp3) is 0.429. The van der Waals surface area contributed by atoms with Gasteiger partial charge in [-0.2, -0.15) is 0 Å². The molecule has 0 spiro atoms. The van der Waals surface area contributed by atoms with Gasteiger partial charge in [0.15, 0.2) is 0 Å². The lowest BCUT2D eigenvalue weighted by atomic mass is 10.0. The maximum absolute atomic E-state index is 9.96. The Morgan fingerprint density at radius 1 is 1.00 bits per heavy atom. The lowest BCUT2D eigenvalue weighted by Crippen LogP contribution is -2.35. The normalized spacial score (nSPS) is 16.2. The van der Waals surface area contributed by atoms with Gasteiger partial charge in [0.1, 0.15) is 5.75 Å². The molecule has 134 valence electrons. The van der Waals surface area contributed by atoms with E-state index in [1.165, 1.54) is 11.1 Å². The van der Waals surface area contributed by atoms with Crippen LogP contribution in [0.4, 0.5) is 0 Å². The van der Waals surface area contributed by atoms with Crippen LogP contribution in [-0.2, 0) is 19.6 Å². The Balaban J connectivity index is 1.58. The Bertz CT molecular complexity index is 694. The fourth-order valence-corrected chi connectivity index (χ4v) is 3.39. The number of aryl methyl sites for hydroxylation is 1. The lowest BCUT2D eigenvalue weighted by molar-refractivity contribution is 0.0791. The second kappa shape index (κ2) is 8.48. The van der Waals surface area contributed by atoms with Gasteiger partial charge in [-0.25, -0.2) is 0 Å². The first-order chi connectivity index (χ1) is 12.1. The summed E-state index contributed by atoms with van der Waals surface area (Å²) >= 11 is 0. The lowest BCUT2D eigenvalue weighted by Gasteiger charge is -2.30. The number of phenols is 1. The van der Waals surface area contributed by atoms with E-state index in [0.717, 1.165) is 50.1 Å². The van der Waals surface area contributed by atoms with Gasteiger partial charge in [-0.15, -0.1) is 0 Å². The fourth-order valence-electron chi connectivity index (χ4n) is 3.39. The van der Waals surface area contributed by atoms with Crippen molar-refractivity contribution in [1.29, 1.82) is 0 Å². The van der Waals surface area contributed by atoms with Crippen molar-refractivity contribution in [2.75, 3.05) is 13.1 Å². The molecule has 4 nitrogen and oxygen atoms in total. The van der Waals surface area contributed by atoms with Crippen LogP contribution in [0.3, 0.4) is 0 Å². The van der Waals surface area contributed by atoms with Gasteiger partial charge in [-0.3, -0.25) is 4.90 Å². The molecule has 4 heteroatoms. The molecule has 1 aliphatic rings. The Hall–Kier alpha value is -1.88. The van der Waals surface area contributed by atoms with Crippen LogP contribution in [0.1, 0.15) is 35.1 Å². The van der Waals surface area contributed by atoms with Crippen molar-refractivity contribution in [2.24, 2.45) is 0 Å². The summed E-state index contributed by atoms with van der Waals surface area (Å²) < 4.78 is 0. The van der Waals surface area contributed by atoms with Crippen molar-refractivity contribution in [3.8, 4) is 5.75 Å². The van der Waals surface area contributed by atoms with Crippen LogP contribution in [0.25, 0.3) is 0 Å². The molecule has 1 heterocycles. The Labute approximate surface area is 150 Å². The summed E-state index contributed by atoms with van der Waals surface area (Å²) in [6.07, 6.45) is 1.61. The van der Waals surface area contributed by atoms with Crippen molar-refractivity contribution in [1.82, 2.24) is 10.2 Å². The van der Waals surface area contributed by atoms with Gasteiger partial charge < -0.3 is 15.5 Å². The molecule has 3 N–H and O–H groups in total. The predicted molar refractivity (Wildman–Crippen MR) is 100 cm³/mol. The Morgan fingerprint density at radius 2 is 1.68 bits per heavy atom. The van der Waals surface area contributed by atoms with Crippen molar-refractivity contribution in [2.45, 2.75) is 45.5 Å². The molecular formula is C21H28N2O2. The molecular weight excluding hydrogens is 312 g/mol. The van der Waals surface area contributed by atoms with Crippen LogP contribution in [0.5, 0.6) is 5.75 Å². The molecule has 25 heavy (non-hydrogen) atoms. The van der Waals surface area contributed by atoms with Crippen molar-refractivity contribution >= 4 is 0 Å². The van der Waals surface area contributed by atoms with E-state index in [1.54, 1.807) is 6.07 Å². The van der Waals surface area contributed by atoms with Crippen LogP contribution < -0.4 is 5.32 Å². The minimum absolute atomic E-state index is 0.129. The third kappa shape index (κ3) is 5.05. The summed E-state index contributed by atoms with van der Waals surface area (Å²) in [5, 5.41) is 23.1.